The van der Waals surface area contributed by atoms with Crippen molar-refractivity contribution in [2.24, 2.45) is 0 Å². The van der Waals surface area contributed by atoms with Crippen LogP contribution in [0.3, 0.4) is 0 Å². The van der Waals surface area contributed by atoms with Gasteiger partial charge in [0.25, 0.3) is 5.91 Å². The average Bonchev–Trinajstić information content (AvgIpc) is 2.63. The molecule has 0 fully saturated rings. The zero-order valence-corrected chi connectivity index (χ0v) is 15.5. The Morgan fingerprint density at radius 2 is 1.63 bits per heavy atom. The highest BCUT2D eigenvalue weighted by molar-refractivity contribution is 5.76. The second-order valence-electron chi connectivity index (χ2n) is 6.28. The van der Waals surface area contributed by atoms with Crippen molar-refractivity contribution >= 4 is 5.91 Å². The van der Waals surface area contributed by atoms with Gasteiger partial charge in [0.15, 0.2) is 6.54 Å². The number of carbonyl (C=O) groups is 1. The van der Waals surface area contributed by atoms with E-state index >= 15 is 0 Å². The first-order valence-electron chi connectivity index (χ1n) is 8.71. The number of halogens is 2. The van der Waals surface area contributed by atoms with Crippen LogP contribution in [0.15, 0.2) is 48.5 Å². The molecule has 0 bridgehead atoms. The van der Waals surface area contributed by atoms with Crippen LogP contribution in [-0.4, -0.2) is 39.8 Å². The van der Waals surface area contributed by atoms with Crippen molar-refractivity contribution in [1.82, 2.24) is 5.32 Å². The van der Waals surface area contributed by atoms with Gasteiger partial charge in [-0.05, 0) is 48.4 Å². The normalized spacial score (nSPS) is 11.9. The maximum Gasteiger partial charge on any atom is 0.387 e. The van der Waals surface area contributed by atoms with E-state index in [1.54, 1.807) is 19.2 Å². The summed E-state index contributed by atoms with van der Waals surface area (Å²) in [6.45, 7) is -1.23. The zero-order valence-electron chi connectivity index (χ0n) is 15.5. The lowest BCUT2D eigenvalue weighted by Crippen LogP contribution is -3.08. The maximum atomic E-state index is 12.1. The molecule has 27 heavy (non-hydrogen) atoms. The van der Waals surface area contributed by atoms with Crippen LogP contribution in [-0.2, 0) is 17.8 Å². The Bertz CT molecular complexity index is 706. The maximum absolute atomic E-state index is 12.1. The van der Waals surface area contributed by atoms with Gasteiger partial charge < -0.3 is 19.7 Å². The van der Waals surface area contributed by atoms with E-state index < -0.39 is 6.61 Å². The molecule has 0 aliphatic heterocycles. The predicted octanol–water partition coefficient (Wildman–Crippen LogP) is 1.67. The molecule has 1 amide bonds. The molecule has 0 aromatic heterocycles. The fourth-order valence-corrected chi connectivity index (χ4v) is 2.67. The largest absolute Gasteiger partial charge is 0.497 e. The molecule has 2 N–H and O–H groups in total. The van der Waals surface area contributed by atoms with Gasteiger partial charge in [0.2, 0.25) is 0 Å². The number of quaternary nitrogens is 1. The monoisotopic (exact) mass is 379 g/mol. The number of hydrogen-bond acceptors (Lipinski definition) is 3. The molecular formula is C20H25F2N2O3+. The molecule has 7 heteroatoms. The number of likely N-dealkylation sites (N-methyl/N-ethyl adjacent to an activating group) is 1. The summed E-state index contributed by atoms with van der Waals surface area (Å²) in [5.74, 6) is 0.906. The second kappa shape index (κ2) is 10.5. The Labute approximate surface area is 157 Å². The summed E-state index contributed by atoms with van der Waals surface area (Å²) >= 11 is 0. The Kier molecular flexibility index (Phi) is 8.00. The number of amides is 1. The van der Waals surface area contributed by atoms with Crippen LogP contribution in [0.4, 0.5) is 8.78 Å². The van der Waals surface area contributed by atoms with Gasteiger partial charge in [-0.3, -0.25) is 4.79 Å². The van der Waals surface area contributed by atoms with Crippen LogP contribution in [0, 0.1) is 0 Å². The minimum atomic E-state index is -2.83. The topological polar surface area (TPSA) is 52.0 Å². The van der Waals surface area contributed by atoms with Gasteiger partial charge in [0, 0.05) is 12.1 Å². The summed E-state index contributed by atoms with van der Waals surface area (Å²) in [6.07, 6.45) is 0.623. The average molecular weight is 379 g/mol. The molecule has 0 saturated heterocycles. The number of carbonyl (C=O) groups excluding carboxylic acids is 1. The van der Waals surface area contributed by atoms with Crippen molar-refractivity contribution in [2.75, 3.05) is 27.2 Å². The molecule has 0 spiro atoms. The highest BCUT2D eigenvalue weighted by Crippen LogP contribution is 2.15. The molecule has 146 valence electrons. The van der Waals surface area contributed by atoms with E-state index in [4.69, 9.17) is 4.74 Å². The van der Waals surface area contributed by atoms with Gasteiger partial charge in [-0.2, -0.15) is 8.78 Å². The van der Waals surface area contributed by atoms with Crippen LogP contribution >= 0.6 is 0 Å². The molecular weight excluding hydrogens is 354 g/mol. The molecule has 0 aliphatic rings. The first-order valence-corrected chi connectivity index (χ1v) is 8.71. The smallest absolute Gasteiger partial charge is 0.387 e. The molecule has 0 radical (unpaired) electrons. The molecule has 5 nitrogen and oxygen atoms in total. The third-order valence-corrected chi connectivity index (χ3v) is 4.01. The molecule has 2 rings (SSSR count). The Hall–Kier alpha value is -2.67. The lowest BCUT2D eigenvalue weighted by Gasteiger charge is -2.14. The second-order valence-corrected chi connectivity index (χ2v) is 6.28. The molecule has 2 aromatic carbocycles. The van der Waals surface area contributed by atoms with E-state index in [1.165, 1.54) is 12.1 Å². The molecule has 0 saturated carbocycles. The summed E-state index contributed by atoms with van der Waals surface area (Å²) in [4.78, 5) is 13.1. The van der Waals surface area contributed by atoms with E-state index in [1.807, 2.05) is 31.3 Å². The van der Waals surface area contributed by atoms with Gasteiger partial charge in [-0.1, -0.05) is 12.1 Å². The van der Waals surface area contributed by atoms with E-state index in [9.17, 15) is 13.6 Å². The van der Waals surface area contributed by atoms with Gasteiger partial charge in [0.05, 0.1) is 14.2 Å². The number of ether oxygens (including phenoxy) is 2. The highest BCUT2D eigenvalue weighted by atomic mass is 19.3. The van der Waals surface area contributed by atoms with Crippen molar-refractivity contribution in [3.05, 3.63) is 59.7 Å². The summed E-state index contributed by atoms with van der Waals surface area (Å²) in [6, 6.07) is 14.2. The zero-order chi connectivity index (χ0) is 19.6. The van der Waals surface area contributed by atoms with Crippen molar-refractivity contribution < 1.29 is 27.9 Å². The molecule has 0 aliphatic carbocycles. The van der Waals surface area contributed by atoms with Crippen molar-refractivity contribution in [1.29, 1.82) is 0 Å². The summed E-state index contributed by atoms with van der Waals surface area (Å²) in [7, 11) is 3.59. The van der Waals surface area contributed by atoms with Crippen molar-refractivity contribution in [3.8, 4) is 11.5 Å². The Balaban J connectivity index is 1.69. The molecule has 0 heterocycles. The number of rotatable bonds is 10. The molecule has 1 unspecified atom stereocenters. The molecule has 2 aromatic rings. The SMILES string of the molecule is COc1ccc(C[NH+](C)CC(=O)NCCc2ccc(OC(F)F)cc2)cc1. The van der Waals surface area contributed by atoms with Gasteiger partial charge >= 0.3 is 6.61 Å². The third-order valence-electron chi connectivity index (χ3n) is 4.01. The van der Waals surface area contributed by atoms with Crippen LogP contribution in [0.1, 0.15) is 11.1 Å². The fourth-order valence-electron chi connectivity index (χ4n) is 2.67. The van der Waals surface area contributed by atoms with Crippen LogP contribution in [0.5, 0.6) is 11.5 Å². The summed E-state index contributed by atoms with van der Waals surface area (Å²) in [5, 5.41) is 2.88. The fraction of sp³-hybridized carbons (Fsp3) is 0.350. The lowest BCUT2D eigenvalue weighted by molar-refractivity contribution is -0.885. The number of methoxy groups -OCH3 is 1. The first kappa shape index (κ1) is 20.6. The Morgan fingerprint density at radius 1 is 1.04 bits per heavy atom. The Morgan fingerprint density at radius 3 is 2.22 bits per heavy atom. The minimum absolute atomic E-state index is 0.0290. The molecule has 1 atom stereocenters. The van der Waals surface area contributed by atoms with Crippen molar-refractivity contribution in [3.63, 3.8) is 0 Å². The number of nitrogens with one attached hydrogen (secondary N) is 2. The number of alkyl halides is 2. The first-order chi connectivity index (χ1) is 13.0. The van der Waals surface area contributed by atoms with Gasteiger partial charge in [-0.25, -0.2) is 0 Å². The van der Waals surface area contributed by atoms with Crippen molar-refractivity contribution in [2.45, 2.75) is 19.6 Å². The predicted molar refractivity (Wildman–Crippen MR) is 98.2 cm³/mol. The minimum Gasteiger partial charge on any atom is -0.497 e. The summed E-state index contributed by atoms with van der Waals surface area (Å²) in [5.41, 5.74) is 2.07. The van der Waals surface area contributed by atoms with Crippen LogP contribution in [0.25, 0.3) is 0 Å². The van der Waals surface area contributed by atoms with Crippen LogP contribution in [0.2, 0.25) is 0 Å². The van der Waals surface area contributed by atoms with Crippen LogP contribution < -0.4 is 19.7 Å². The highest BCUT2D eigenvalue weighted by Gasteiger charge is 2.10. The van der Waals surface area contributed by atoms with E-state index in [2.05, 4.69) is 10.1 Å². The van der Waals surface area contributed by atoms with E-state index in [0.29, 0.717) is 19.5 Å². The number of hydrogen-bond donors (Lipinski definition) is 2. The van der Waals surface area contributed by atoms with Gasteiger partial charge in [-0.15, -0.1) is 0 Å². The lowest BCUT2D eigenvalue weighted by atomic mass is 10.1. The number of benzene rings is 2. The third kappa shape index (κ3) is 7.62. The quantitative estimate of drug-likeness (QED) is 0.660. The summed E-state index contributed by atoms with van der Waals surface area (Å²) < 4.78 is 33.7. The standard InChI is InChI=1S/C20H24F2N2O3/c1-24(13-16-5-7-17(26-2)8-6-16)14-19(25)23-12-11-15-3-9-18(10-4-15)27-20(21)22/h3-10,20H,11-14H2,1-2H3,(H,23,25)/p+1. The van der Waals surface area contributed by atoms with E-state index in [-0.39, 0.29) is 11.7 Å². The van der Waals surface area contributed by atoms with E-state index in [0.717, 1.165) is 28.3 Å². The van der Waals surface area contributed by atoms with Gasteiger partial charge in [0.1, 0.15) is 18.0 Å².